The first-order chi connectivity index (χ1) is 8.60. The maximum Gasteiger partial charge on any atom is 0.335 e. The molecule has 2 aromatic rings. The van der Waals surface area contributed by atoms with Crippen LogP contribution < -0.4 is 4.74 Å². The third-order valence-corrected chi connectivity index (χ3v) is 2.57. The minimum atomic E-state index is -0.988. The molecule has 0 saturated heterocycles. The van der Waals surface area contributed by atoms with Crippen LogP contribution in [0.1, 0.15) is 10.4 Å². The van der Waals surface area contributed by atoms with E-state index in [-0.39, 0.29) is 5.56 Å². The fourth-order valence-corrected chi connectivity index (χ4v) is 1.65. The van der Waals surface area contributed by atoms with Gasteiger partial charge in [-0.3, -0.25) is 0 Å². The molecular formula is C14H11FO3. The van der Waals surface area contributed by atoms with E-state index in [2.05, 4.69) is 0 Å². The highest BCUT2D eigenvalue weighted by atomic mass is 19.1. The molecule has 0 aliphatic carbocycles. The molecule has 0 unspecified atom stereocenters. The first-order valence-corrected chi connectivity index (χ1v) is 5.28. The number of hydrogen-bond acceptors (Lipinski definition) is 2. The molecule has 0 heterocycles. The van der Waals surface area contributed by atoms with Crippen molar-refractivity contribution in [3.05, 3.63) is 53.8 Å². The molecule has 2 aromatic carbocycles. The number of halogens is 1. The van der Waals surface area contributed by atoms with E-state index in [0.29, 0.717) is 11.3 Å². The van der Waals surface area contributed by atoms with Crippen LogP contribution in [0.2, 0.25) is 0 Å². The van der Waals surface area contributed by atoms with Crippen molar-refractivity contribution in [2.45, 2.75) is 0 Å². The van der Waals surface area contributed by atoms with Gasteiger partial charge in [0.2, 0.25) is 0 Å². The van der Waals surface area contributed by atoms with Gasteiger partial charge in [-0.15, -0.1) is 0 Å². The lowest BCUT2D eigenvalue weighted by Gasteiger charge is -2.06. The molecule has 18 heavy (non-hydrogen) atoms. The van der Waals surface area contributed by atoms with Crippen LogP contribution in [0.15, 0.2) is 42.5 Å². The molecule has 3 nitrogen and oxygen atoms in total. The van der Waals surface area contributed by atoms with Crippen molar-refractivity contribution in [2.75, 3.05) is 7.11 Å². The Morgan fingerprint density at radius 3 is 2.33 bits per heavy atom. The van der Waals surface area contributed by atoms with Gasteiger partial charge in [0.1, 0.15) is 11.6 Å². The van der Waals surface area contributed by atoms with Crippen molar-refractivity contribution in [3.63, 3.8) is 0 Å². The molecule has 0 atom stereocenters. The molecule has 0 fully saturated rings. The van der Waals surface area contributed by atoms with E-state index in [1.54, 1.807) is 18.2 Å². The van der Waals surface area contributed by atoms with Crippen molar-refractivity contribution in [1.82, 2.24) is 0 Å². The van der Waals surface area contributed by atoms with Crippen molar-refractivity contribution in [2.24, 2.45) is 0 Å². The summed E-state index contributed by atoms with van der Waals surface area (Å²) >= 11 is 0. The molecule has 0 amide bonds. The molecule has 0 saturated carbocycles. The second-order valence-corrected chi connectivity index (χ2v) is 3.76. The molecular weight excluding hydrogens is 235 g/mol. The maximum atomic E-state index is 13.3. The molecule has 0 spiro atoms. The van der Waals surface area contributed by atoms with Crippen LogP contribution in [0.3, 0.4) is 0 Å². The number of benzene rings is 2. The molecule has 2 rings (SSSR count). The summed E-state index contributed by atoms with van der Waals surface area (Å²) in [5.74, 6) is -0.961. The van der Waals surface area contributed by atoms with Crippen LogP contribution >= 0.6 is 0 Å². The van der Waals surface area contributed by atoms with Gasteiger partial charge in [-0.05, 0) is 35.4 Å². The average molecular weight is 246 g/mol. The second kappa shape index (κ2) is 4.87. The summed E-state index contributed by atoms with van der Waals surface area (Å²) in [4.78, 5) is 10.7. The second-order valence-electron chi connectivity index (χ2n) is 3.76. The summed E-state index contributed by atoms with van der Waals surface area (Å²) in [7, 11) is 1.46. The zero-order valence-corrected chi connectivity index (χ0v) is 9.68. The Labute approximate surface area is 103 Å². The van der Waals surface area contributed by atoms with Gasteiger partial charge in [0.05, 0.1) is 12.7 Å². The van der Waals surface area contributed by atoms with Gasteiger partial charge in [0.15, 0.2) is 0 Å². The predicted molar refractivity (Wildman–Crippen MR) is 65.3 cm³/mol. The molecule has 0 bridgehead atoms. The third-order valence-electron chi connectivity index (χ3n) is 2.57. The van der Waals surface area contributed by atoms with Gasteiger partial charge in [0.25, 0.3) is 0 Å². The topological polar surface area (TPSA) is 46.5 Å². The fourth-order valence-electron chi connectivity index (χ4n) is 1.65. The lowest BCUT2D eigenvalue weighted by Crippen LogP contribution is -1.95. The van der Waals surface area contributed by atoms with Gasteiger partial charge in [0, 0.05) is 6.07 Å². The number of carboxylic acid groups (broad SMARTS) is 1. The molecule has 4 heteroatoms. The minimum Gasteiger partial charge on any atom is -0.497 e. The largest absolute Gasteiger partial charge is 0.497 e. The Balaban J connectivity index is 2.42. The first kappa shape index (κ1) is 12.1. The average Bonchev–Trinajstić information content (AvgIpc) is 2.38. The van der Waals surface area contributed by atoms with Gasteiger partial charge in [-0.2, -0.15) is 0 Å². The number of hydrogen-bond donors (Lipinski definition) is 1. The molecule has 1 N–H and O–H groups in total. The van der Waals surface area contributed by atoms with Crippen LogP contribution in [-0.4, -0.2) is 18.2 Å². The van der Waals surface area contributed by atoms with E-state index in [1.165, 1.54) is 31.4 Å². The van der Waals surface area contributed by atoms with Gasteiger partial charge >= 0.3 is 5.97 Å². The van der Waals surface area contributed by atoms with Crippen molar-refractivity contribution in [1.29, 1.82) is 0 Å². The van der Waals surface area contributed by atoms with Gasteiger partial charge in [-0.1, -0.05) is 12.1 Å². The van der Waals surface area contributed by atoms with Crippen LogP contribution in [-0.2, 0) is 0 Å². The highest BCUT2D eigenvalue weighted by Crippen LogP contribution is 2.25. The molecule has 0 aliphatic heterocycles. The van der Waals surface area contributed by atoms with E-state index in [0.717, 1.165) is 5.56 Å². The van der Waals surface area contributed by atoms with Crippen LogP contribution in [0.5, 0.6) is 5.75 Å². The molecule has 0 radical (unpaired) electrons. The van der Waals surface area contributed by atoms with Crippen LogP contribution in [0, 0.1) is 5.82 Å². The fraction of sp³-hybridized carbons (Fsp3) is 0.0714. The summed E-state index contributed by atoms with van der Waals surface area (Å²) in [5, 5.41) is 8.79. The summed E-state index contributed by atoms with van der Waals surface area (Å²) in [6.07, 6.45) is 0. The normalized spacial score (nSPS) is 10.1. The lowest BCUT2D eigenvalue weighted by molar-refractivity contribution is 0.0697. The van der Waals surface area contributed by atoms with Crippen molar-refractivity contribution in [3.8, 4) is 16.9 Å². The van der Waals surface area contributed by atoms with E-state index in [9.17, 15) is 9.18 Å². The minimum absolute atomic E-state index is 0.196. The first-order valence-electron chi connectivity index (χ1n) is 5.28. The zero-order valence-electron chi connectivity index (χ0n) is 9.68. The highest BCUT2D eigenvalue weighted by molar-refractivity contribution is 5.88. The Bertz CT molecular complexity index is 576. The van der Waals surface area contributed by atoms with E-state index < -0.39 is 11.8 Å². The number of rotatable bonds is 3. The smallest absolute Gasteiger partial charge is 0.335 e. The Morgan fingerprint density at radius 1 is 1.11 bits per heavy atom. The lowest BCUT2D eigenvalue weighted by atomic mass is 10.0. The maximum absolute atomic E-state index is 13.3. The van der Waals surface area contributed by atoms with Crippen LogP contribution in [0.4, 0.5) is 4.39 Å². The Hall–Kier alpha value is -2.36. The Kier molecular flexibility index (Phi) is 3.28. The predicted octanol–water partition coefficient (Wildman–Crippen LogP) is 3.20. The third kappa shape index (κ3) is 2.48. The summed E-state index contributed by atoms with van der Waals surface area (Å²) in [6.45, 7) is 0. The monoisotopic (exact) mass is 246 g/mol. The number of carbonyl (C=O) groups is 1. The highest BCUT2D eigenvalue weighted by Gasteiger charge is 2.06. The van der Waals surface area contributed by atoms with E-state index in [4.69, 9.17) is 9.84 Å². The number of ether oxygens (including phenoxy) is 1. The van der Waals surface area contributed by atoms with Gasteiger partial charge in [-0.25, -0.2) is 9.18 Å². The zero-order chi connectivity index (χ0) is 13.1. The SMILES string of the molecule is COc1cc(F)cc(-c2ccc(C(=O)O)cc2)c1. The summed E-state index contributed by atoms with van der Waals surface area (Å²) in [5.41, 5.74) is 1.57. The molecule has 0 aliphatic rings. The number of methoxy groups -OCH3 is 1. The quantitative estimate of drug-likeness (QED) is 0.904. The number of aromatic carboxylic acids is 1. The van der Waals surface area contributed by atoms with Gasteiger partial charge < -0.3 is 9.84 Å². The van der Waals surface area contributed by atoms with Crippen LogP contribution in [0.25, 0.3) is 11.1 Å². The molecule has 92 valence electrons. The molecule has 0 aromatic heterocycles. The standard InChI is InChI=1S/C14H11FO3/c1-18-13-7-11(6-12(15)8-13)9-2-4-10(5-3-9)14(16)17/h2-8H,1H3,(H,16,17). The summed E-state index contributed by atoms with van der Waals surface area (Å²) < 4.78 is 18.3. The van der Waals surface area contributed by atoms with E-state index in [1.807, 2.05) is 0 Å². The van der Waals surface area contributed by atoms with Crippen molar-refractivity contribution < 1.29 is 19.0 Å². The van der Waals surface area contributed by atoms with Crippen molar-refractivity contribution >= 4 is 5.97 Å². The van der Waals surface area contributed by atoms with E-state index >= 15 is 0 Å². The summed E-state index contributed by atoms with van der Waals surface area (Å²) in [6, 6.07) is 10.6. The number of carboxylic acids is 1. The Morgan fingerprint density at radius 2 is 1.78 bits per heavy atom.